The van der Waals surface area contributed by atoms with Crippen LogP contribution in [0.4, 0.5) is 0 Å². The lowest BCUT2D eigenvalue weighted by atomic mass is 9.92. The van der Waals surface area contributed by atoms with Gasteiger partial charge < -0.3 is 26.0 Å². The van der Waals surface area contributed by atoms with E-state index in [1.165, 1.54) is 0 Å². The lowest BCUT2D eigenvalue weighted by molar-refractivity contribution is -0.133. The number of carboxylic acid groups (broad SMARTS) is 1. The number of fused-ring (bicyclic) bond motifs is 1. The number of carbonyl (C=O) groups is 1. The number of carboxylic acids is 1. The number of rotatable bonds is 7. The molecule has 2 rings (SSSR count). The highest BCUT2D eigenvalue weighted by molar-refractivity contribution is 5.90. The third-order valence-corrected chi connectivity index (χ3v) is 4.04. The predicted molar refractivity (Wildman–Crippen MR) is 92.8 cm³/mol. The molecule has 1 aliphatic rings. The fourth-order valence-electron chi connectivity index (χ4n) is 2.54. The Morgan fingerprint density at radius 2 is 1.88 bits per heavy atom. The van der Waals surface area contributed by atoms with Gasteiger partial charge in [-0.15, -0.1) is 0 Å². The molecule has 130 valence electrons. The molecule has 0 saturated heterocycles. The maximum absolute atomic E-state index is 11.7. The molecule has 0 aliphatic carbocycles. The number of ether oxygens (including phenoxy) is 2. The van der Waals surface area contributed by atoms with Gasteiger partial charge in [-0.05, 0) is 36.1 Å². The standard InChI is InChI=1S/C18H24N2O4/c1-3-13(19)12(17(18(21)22)14(20)4-2)7-5-11-6-8-15-16(9-11)24-10-23-15/h5-9,13-14H,3-4,10,19-20H2,1-2H3,(H,21,22). The number of aliphatic carboxylic acids is 1. The minimum atomic E-state index is -1.03. The summed E-state index contributed by atoms with van der Waals surface area (Å²) in [5.41, 5.74) is 13.7. The second-order valence-electron chi connectivity index (χ2n) is 5.65. The van der Waals surface area contributed by atoms with Gasteiger partial charge in [0.05, 0.1) is 5.57 Å². The van der Waals surface area contributed by atoms with Crippen LogP contribution in [0.3, 0.4) is 0 Å². The SMILES string of the molecule is CCC(N)C(C=Cc1ccc2c(c1)OCO2)=C(C(=O)O)C(N)CC. The molecule has 0 spiro atoms. The van der Waals surface area contributed by atoms with Gasteiger partial charge in [-0.3, -0.25) is 0 Å². The van der Waals surface area contributed by atoms with Crippen LogP contribution in [0.5, 0.6) is 11.5 Å². The molecule has 0 radical (unpaired) electrons. The molecule has 0 saturated carbocycles. The average Bonchev–Trinajstić information content (AvgIpc) is 3.04. The van der Waals surface area contributed by atoms with Crippen LogP contribution in [0.2, 0.25) is 0 Å². The van der Waals surface area contributed by atoms with Crippen molar-refractivity contribution in [3.05, 3.63) is 41.0 Å². The number of hydrogen-bond acceptors (Lipinski definition) is 5. The van der Waals surface area contributed by atoms with Crippen molar-refractivity contribution >= 4 is 12.0 Å². The van der Waals surface area contributed by atoms with Crippen molar-refractivity contribution in [2.45, 2.75) is 38.8 Å². The van der Waals surface area contributed by atoms with Crippen LogP contribution in [-0.4, -0.2) is 30.0 Å². The molecule has 0 bridgehead atoms. The van der Waals surface area contributed by atoms with Crippen LogP contribution >= 0.6 is 0 Å². The summed E-state index contributed by atoms with van der Waals surface area (Å²) in [4.78, 5) is 11.7. The van der Waals surface area contributed by atoms with Gasteiger partial charge in [-0.25, -0.2) is 4.79 Å². The zero-order valence-corrected chi connectivity index (χ0v) is 14.0. The van der Waals surface area contributed by atoms with Gasteiger partial charge >= 0.3 is 5.97 Å². The van der Waals surface area contributed by atoms with Crippen LogP contribution in [0.15, 0.2) is 35.4 Å². The number of nitrogens with two attached hydrogens (primary N) is 2. The highest BCUT2D eigenvalue weighted by Crippen LogP contribution is 2.33. The maximum atomic E-state index is 11.7. The zero-order chi connectivity index (χ0) is 17.7. The smallest absolute Gasteiger partial charge is 0.333 e. The second kappa shape index (κ2) is 7.99. The summed E-state index contributed by atoms with van der Waals surface area (Å²) in [6.45, 7) is 3.98. The summed E-state index contributed by atoms with van der Waals surface area (Å²) in [5.74, 6) is 0.345. The molecule has 5 N–H and O–H groups in total. The molecule has 1 aliphatic heterocycles. The Hall–Kier alpha value is -2.31. The van der Waals surface area contributed by atoms with Crippen LogP contribution in [0, 0.1) is 0 Å². The quantitative estimate of drug-likeness (QED) is 0.522. The second-order valence-corrected chi connectivity index (χ2v) is 5.65. The Morgan fingerprint density at radius 3 is 2.50 bits per heavy atom. The van der Waals surface area contributed by atoms with Gasteiger partial charge in [0.25, 0.3) is 0 Å². The van der Waals surface area contributed by atoms with Gasteiger partial charge in [0.15, 0.2) is 11.5 Å². The zero-order valence-electron chi connectivity index (χ0n) is 14.0. The first-order valence-corrected chi connectivity index (χ1v) is 8.04. The summed E-state index contributed by atoms with van der Waals surface area (Å²) in [7, 11) is 0. The lowest BCUT2D eigenvalue weighted by Gasteiger charge is -2.19. The van der Waals surface area contributed by atoms with Crippen LogP contribution in [0.25, 0.3) is 6.08 Å². The molecule has 2 unspecified atom stereocenters. The first-order valence-electron chi connectivity index (χ1n) is 8.04. The van der Waals surface area contributed by atoms with E-state index in [2.05, 4.69) is 0 Å². The Balaban J connectivity index is 2.39. The maximum Gasteiger partial charge on any atom is 0.333 e. The molecule has 24 heavy (non-hydrogen) atoms. The third-order valence-electron chi connectivity index (χ3n) is 4.04. The van der Waals surface area contributed by atoms with E-state index in [1.54, 1.807) is 6.08 Å². The molecular weight excluding hydrogens is 308 g/mol. The Morgan fingerprint density at radius 1 is 1.21 bits per heavy atom. The third kappa shape index (κ3) is 3.96. The van der Waals surface area contributed by atoms with E-state index in [0.29, 0.717) is 29.9 Å². The van der Waals surface area contributed by atoms with Crippen LogP contribution in [0.1, 0.15) is 32.3 Å². The number of hydrogen-bond donors (Lipinski definition) is 3. The van der Waals surface area contributed by atoms with Gasteiger partial charge in [0.2, 0.25) is 6.79 Å². The topological polar surface area (TPSA) is 108 Å². The highest BCUT2D eigenvalue weighted by atomic mass is 16.7. The first-order chi connectivity index (χ1) is 11.5. The molecule has 1 aromatic rings. The van der Waals surface area contributed by atoms with Crippen molar-refractivity contribution in [1.82, 2.24) is 0 Å². The largest absolute Gasteiger partial charge is 0.478 e. The normalized spacial score (nSPS) is 16.8. The fourth-order valence-corrected chi connectivity index (χ4v) is 2.54. The Bertz CT molecular complexity index is 667. The van der Waals surface area contributed by atoms with E-state index < -0.39 is 12.0 Å². The van der Waals surface area contributed by atoms with Crippen molar-refractivity contribution in [2.75, 3.05) is 6.79 Å². The molecule has 2 atom stereocenters. The average molecular weight is 332 g/mol. The number of benzene rings is 1. The molecular formula is C18H24N2O4. The summed E-state index contributed by atoms with van der Waals surface area (Å²) in [6, 6.07) is 4.59. The van der Waals surface area contributed by atoms with E-state index in [-0.39, 0.29) is 18.4 Å². The van der Waals surface area contributed by atoms with Crippen molar-refractivity contribution in [3.63, 3.8) is 0 Å². The van der Waals surface area contributed by atoms with Gasteiger partial charge in [0.1, 0.15) is 0 Å². The molecule has 1 heterocycles. The van der Waals surface area contributed by atoms with Crippen LogP contribution in [-0.2, 0) is 4.79 Å². The molecule has 0 amide bonds. The molecule has 0 aromatic heterocycles. The fraction of sp³-hybridized carbons (Fsp3) is 0.389. The molecule has 1 aromatic carbocycles. The molecule has 6 heteroatoms. The molecule has 6 nitrogen and oxygen atoms in total. The Labute approximate surface area is 141 Å². The van der Waals surface area contributed by atoms with E-state index in [1.807, 2.05) is 38.1 Å². The van der Waals surface area contributed by atoms with Crippen molar-refractivity contribution < 1.29 is 19.4 Å². The van der Waals surface area contributed by atoms with E-state index >= 15 is 0 Å². The van der Waals surface area contributed by atoms with Crippen LogP contribution < -0.4 is 20.9 Å². The minimum absolute atomic E-state index is 0.170. The highest BCUT2D eigenvalue weighted by Gasteiger charge is 2.22. The summed E-state index contributed by atoms with van der Waals surface area (Å²) >= 11 is 0. The van der Waals surface area contributed by atoms with Crippen molar-refractivity contribution in [1.29, 1.82) is 0 Å². The van der Waals surface area contributed by atoms with E-state index in [9.17, 15) is 9.90 Å². The van der Waals surface area contributed by atoms with Gasteiger partial charge in [0, 0.05) is 12.1 Å². The monoisotopic (exact) mass is 332 g/mol. The van der Waals surface area contributed by atoms with Crippen molar-refractivity contribution in [3.8, 4) is 11.5 Å². The summed E-state index contributed by atoms with van der Waals surface area (Å²) in [6.07, 6.45) is 4.70. The molecule has 0 fully saturated rings. The van der Waals surface area contributed by atoms with E-state index in [0.717, 1.165) is 5.56 Å². The predicted octanol–water partition coefficient (Wildman–Crippen LogP) is 2.28. The van der Waals surface area contributed by atoms with E-state index in [4.69, 9.17) is 20.9 Å². The van der Waals surface area contributed by atoms with Gasteiger partial charge in [-0.2, -0.15) is 0 Å². The first kappa shape index (κ1) is 18.0. The summed E-state index contributed by atoms with van der Waals surface area (Å²) < 4.78 is 10.6. The van der Waals surface area contributed by atoms with Crippen molar-refractivity contribution in [2.24, 2.45) is 11.5 Å². The minimum Gasteiger partial charge on any atom is -0.478 e. The summed E-state index contributed by atoms with van der Waals surface area (Å²) in [5, 5.41) is 9.55. The Kier molecular flexibility index (Phi) is 6.00. The van der Waals surface area contributed by atoms with Gasteiger partial charge in [-0.1, -0.05) is 32.1 Å². The lowest BCUT2D eigenvalue weighted by Crippen LogP contribution is -2.32.